The number of benzene rings is 1. The number of rotatable bonds is 6. The van der Waals surface area contributed by atoms with Crippen LogP contribution in [0, 0.1) is 6.92 Å². The molecule has 90 valence electrons. The van der Waals surface area contributed by atoms with Crippen molar-refractivity contribution >= 4 is 0 Å². The third kappa shape index (κ3) is 3.62. The molecule has 0 aliphatic heterocycles. The summed E-state index contributed by atoms with van der Waals surface area (Å²) in [6.07, 6.45) is 0.823. The molecule has 0 amide bonds. The molecule has 2 nitrogen and oxygen atoms in total. The van der Waals surface area contributed by atoms with Crippen LogP contribution in [0.5, 0.6) is 0 Å². The molecule has 2 N–H and O–H groups in total. The normalized spacial score (nSPS) is 11.8. The van der Waals surface area contributed by atoms with Gasteiger partial charge in [0.1, 0.15) is 0 Å². The zero-order chi connectivity index (χ0) is 12.0. The fourth-order valence-corrected chi connectivity index (χ4v) is 2.03. The summed E-state index contributed by atoms with van der Waals surface area (Å²) in [5.74, 6) is 0. The van der Waals surface area contributed by atoms with Gasteiger partial charge in [-0.15, -0.1) is 0 Å². The van der Waals surface area contributed by atoms with E-state index in [0.29, 0.717) is 0 Å². The summed E-state index contributed by atoms with van der Waals surface area (Å²) in [5.41, 5.74) is 2.88. The first kappa shape index (κ1) is 13.2. The Morgan fingerprint density at radius 1 is 1.25 bits per heavy atom. The summed E-state index contributed by atoms with van der Waals surface area (Å²) in [6.45, 7) is 8.74. The summed E-state index contributed by atoms with van der Waals surface area (Å²) >= 11 is 0. The van der Waals surface area contributed by atoms with Gasteiger partial charge in [0.2, 0.25) is 0 Å². The maximum Gasteiger partial charge on any atom is 0.0443 e. The Morgan fingerprint density at radius 2 is 1.94 bits per heavy atom. The number of nitrogens with one attached hydrogen (secondary N) is 1. The van der Waals surface area contributed by atoms with Crippen LogP contribution in [-0.4, -0.2) is 24.8 Å². The zero-order valence-corrected chi connectivity index (χ0v) is 10.6. The SMILES string of the molecule is Cc1ccccc1C(C)(C)CNCCCO. The lowest BCUT2D eigenvalue weighted by atomic mass is 9.82. The lowest BCUT2D eigenvalue weighted by Crippen LogP contribution is -2.34. The molecule has 0 aliphatic carbocycles. The maximum atomic E-state index is 8.72. The van der Waals surface area contributed by atoms with Crippen molar-refractivity contribution in [2.75, 3.05) is 19.7 Å². The van der Waals surface area contributed by atoms with Gasteiger partial charge < -0.3 is 10.4 Å². The molecule has 0 heterocycles. The Labute approximate surface area is 98.7 Å². The van der Waals surface area contributed by atoms with E-state index in [1.807, 2.05) is 0 Å². The van der Waals surface area contributed by atoms with Gasteiger partial charge in [-0.2, -0.15) is 0 Å². The first-order chi connectivity index (χ1) is 7.58. The highest BCUT2D eigenvalue weighted by atomic mass is 16.3. The summed E-state index contributed by atoms with van der Waals surface area (Å²) in [4.78, 5) is 0. The lowest BCUT2D eigenvalue weighted by Gasteiger charge is -2.27. The summed E-state index contributed by atoms with van der Waals surface area (Å²) < 4.78 is 0. The Hall–Kier alpha value is -0.860. The number of aliphatic hydroxyl groups is 1. The molecule has 0 unspecified atom stereocenters. The second-order valence-electron chi connectivity index (χ2n) is 4.95. The van der Waals surface area contributed by atoms with E-state index >= 15 is 0 Å². The van der Waals surface area contributed by atoms with Gasteiger partial charge >= 0.3 is 0 Å². The van der Waals surface area contributed by atoms with E-state index in [-0.39, 0.29) is 12.0 Å². The van der Waals surface area contributed by atoms with E-state index in [9.17, 15) is 0 Å². The van der Waals surface area contributed by atoms with Gasteiger partial charge in [-0.25, -0.2) is 0 Å². The van der Waals surface area contributed by atoms with Crippen molar-refractivity contribution in [1.82, 2.24) is 5.32 Å². The minimum atomic E-state index is 0.140. The average molecular weight is 221 g/mol. The molecule has 1 aromatic rings. The van der Waals surface area contributed by atoms with Crippen molar-refractivity contribution in [3.05, 3.63) is 35.4 Å². The smallest absolute Gasteiger partial charge is 0.0443 e. The standard InChI is InChI=1S/C14H23NO/c1-12-7-4-5-8-13(12)14(2,3)11-15-9-6-10-16/h4-5,7-8,15-16H,6,9-11H2,1-3H3. The fourth-order valence-electron chi connectivity index (χ4n) is 2.03. The molecule has 0 aliphatic rings. The molecule has 0 fully saturated rings. The van der Waals surface area contributed by atoms with E-state index in [1.54, 1.807) is 0 Å². The third-order valence-corrected chi connectivity index (χ3v) is 2.95. The fraction of sp³-hybridized carbons (Fsp3) is 0.571. The Morgan fingerprint density at radius 3 is 2.56 bits per heavy atom. The molecule has 0 atom stereocenters. The second kappa shape index (κ2) is 6.02. The van der Waals surface area contributed by atoms with Crippen LogP contribution in [0.15, 0.2) is 24.3 Å². The molecule has 0 saturated heterocycles. The molecule has 1 aromatic carbocycles. The van der Waals surface area contributed by atoms with Crippen LogP contribution in [0.2, 0.25) is 0 Å². The molecule has 0 aromatic heterocycles. The summed E-state index contributed by atoms with van der Waals surface area (Å²) in [6, 6.07) is 8.53. The minimum Gasteiger partial charge on any atom is -0.396 e. The molecular formula is C14H23NO. The third-order valence-electron chi connectivity index (χ3n) is 2.95. The van der Waals surface area contributed by atoms with E-state index in [2.05, 4.69) is 50.4 Å². The topological polar surface area (TPSA) is 32.3 Å². The molecule has 0 saturated carbocycles. The van der Waals surface area contributed by atoms with Crippen LogP contribution in [-0.2, 0) is 5.41 Å². The predicted octanol–water partition coefficient (Wildman–Crippen LogP) is 2.24. The first-order valence-electron chi connectivity index (χ1n) is 5.95. The molecule has 0 radical (unpaired) electrons. The number of hydrogen-bond donors (Lipinski definition) is 2. The van der Waals surface area contributed by atoms with Crippen molar-refractivity contribution in [2.45, 2.75) is 32.6 Å². The number of aliphatic hydroxyl groups excluding tert-OH is 1. The van der Waals surface area contributed by atoms with Crippen LogP contribution in [0.25, 0.3) is 0 Å². The molecule has 16 heavy (non-hydrogen) atoms. The van der Waals surface area contributed by atoms with Gasteiger partial charge in [0, 0.05) is 18.6 Å². The van der Waals surface area contributed by atoms with Gasteiger partial charge in [-0.1, -0.05) is 38.1 Å². The second-order valence-corrected chi connectivity index (χ2v) is 4.95. The quantitative estimate of drug-likeness (QED) is 0.722. The molecular weight excluding hydrogens is 198 g/mol. The average Bonchev–Trinajstić information content (AvgIpc) is 2.25. The molecule has 1 rings (SSSR count). The molecule has 2 heteroatoms. The Kier molecular flexibility index (Phi) is 4.97. The monoisotopic (exact) mass is 221 g/mol. The van der Waals surface area contributed by atoms with Crippen molar-refractivity contribution in [3.63, 3.8) is 0 Å². The van der Waals surface area contributed by atoms with E-state index in [4.69, 9.17) is 5.11 Å². The van der Waals surface area contributed by atoms with Gasteiger partial charge in [-0.3, -0.25) is 0 Å². The van der Waals surface area contributed by atoms with Crippen LogP contribution >= 0.6 is 0 Å². The van der Waals surface area contributed by atoms with Crippen LogP contribution in [0.4, 0.5) is 0 Å². The van der Waals surface area contributed by atoms with Gasteiger partial charge in [-0.05, 0) is 31.0 Å². The maximum absolute atomic E-state index is 8.72. The number of aryl methyl sites for hydroxylation is 1. The van der Waals surface area contributed by atoms with Crippen molar-refractivity contribution in [1.29, 1.82) is 0 Å². The van der Waals surface area contributed by atoms with E-state index < -0.39 is 0 Å². The van der Waals surface area contributed by atoms with Crippen LogP contribution in [0.1, 0.15) is 31.4 Å². The Balaban J connectivity index is 2.59. The Bertz CT molecular complexity index is 320. The highest BCUT2D eigenvalue weighted by Gasteiger charge is 2.21. The highest BCUT2D eigenvalue weighted by Crippen LogP contribution is 2.25. The van der Waals surface area contributed by atoms with Gasteiger partial charge in [0.15, 0.2) is 0 Å². The summed E-state index contributed by atoms with van der Waals surface area (Å²) in [7, 11) is 0. The van der Waals surface area contributed by atoms with E-state index in [0.717, 1.165) is 19.5 Å². The predicted molar refractivity (Wildman–Crippen MR) is 68.8 cm³/mol. The zero-order valence-electron chi connectivity index (χ0n) is 10.6. The minimum absolute atomic E-state index is 0.140. The lowest BCUT2D eigenvalue weighted by molar-refractivity contribution is 0.284. The van der Waals surface area contributed by atoms with Crippen LogP contribution < -0.4 is 5.32 Å². The summed E-state index contributed by atoms with van der Waals surface area (Å²) in [5, 5.41) is 12.1. The first-order valence-corrected chi connectivity index (χ1v) is 5.95. The van der Waals surface area contributed by atoms with Crippen LogP contribution in [0.3, 0.4) is 0 Å². The number of hydrogen-bond acceptors (Lipinski definition) is 2. The highest BCUT2D eigenvalue weighted by molar-refractivity contribution is 5.32. The van der Waals surface area contributed by atoms with Gasteiger partial charge in [0.25, 0.3) is 0 Å². The van der Waals surface area contributed by atoms with Crippen molar-refractivity contribution in [2.24, 2.45) is 0 Å². The molecule has 0 bridgehead atoms. The van der Waals surface area contributed by atoms with Crippen molar-refractivity contribution in [3.8, 4) is 0 Å². The largest absolute Gasteiger partial charge is 0.396 e. The molecule has 0 spiro atoms. The van der Waals surface area contributed by atoms with Gasteiger partial charge in [0.05, 0.1) is 0 Å². The van der Waals surface area contributed by atoms with Crippen molar-refractivity contribution < 1.29 is 5.11 Å². The van der Waals surface area contributed by atoms with E-state index in [1.165, 1.54) is 11.1 Å².